The minimum absolute atomic E-state index is 0.0883. The number of amides is 1. The molecule has 11 heteroatoms. The SMILES string of the molecule is CC(C)(N[C@@H]1C[C@H](c2cccc(OC(F)(F)F)c2)N(c2ccccc2)C1=O)c1cccc(C(F)(F)F)n1. The number of anilines is 1. The summed E-state index contributed by atoms with van der Waals surface area (Å²) in [7, 11) is 0. The quantitative estimate of drug-likeness (QED) is 0.382. The Bertz CT molecular complexity index is 1260. The monoisotopic (exact) mass is 523 g/mol. The number of rotatable bonds is 6. The van der Waals surface area contributed by atoms with E-state index in [2.05, 4.69) is 15.0 Å². The van der Waals surface area contributed by atoms with Crippen molar-refractivity contribution in [3.05, 3.63) is 89.7 Å². The van der Waals surface area contributed by atoms with Crippen molar-refractivity contribution in [2.24, 2.45) is 0 Å². The van der Waals surface area contributed by atoms with E-state index >= 15 is 0 Å². The van der Waals surface area contributed by atoms with Crippen molar-refractivity contribution in [1.82, 2.24) is 10.3 Å². The van der Waals surface area contributed by atoms with E-state index in [9.17, 15) is 31.1 Å². The molecule has 1 aliphatic heterocycles. The van der Waals surface area contributed by atoms with E-state index in [1.165, 1.54) is 35.2 Å². The molecule has 0 saturated carbocycles. The summed E-state index contributed by atoms with van der Waals surface area (Å²) in [5.41, 5.74) is -1.16. The molecule has 3 aromatic rings. The maximum Gasteiger partial charge on any atom is 0.573 e. The van der Waals surface area contributed by atoms with Crippen LogP contribution in [0.25, 0.3) is 0 Å². The van der Waals surface area contributed by atoms with E-state index in [-0.39, 0.29) is 18.0 Å². The number of nitrogens with one attached hydrogen (secondary N) is 1. The van der Waals surface area contributed by atoms with Crippen LogP contribution in [0.4, 0.5) is 32.0 Å². The van der Waals surface area contributed by atoms with E-state index in [0.717, 1.165) is 6.07 Å². The zero-order valence-corrected chi connectivity index (χ0v) is 19.8. The highest BCUT2D eigenvalue weighted by Crippen LogP contribution is 2.40. The summed E-state index contributed by atoms with van der Waals surface area (Å²) in [6.45, 7) is 3.22. The van der Waals surface area contributed by atoms with Gasteiger partial charge in [0.25, 0.3) is 0 Å². The number of aromatic nitrogens is 1. The Morgan fingerprint density at radius 1 is 0.892 bits per heavy atom. The molecule has 1 saturated heterocycles. The van der Waals surface area contributed by atoms with E-state index in [0.29, 0.717) is 11.3 Å². The fraction of sp³-hybridized carbons (Fsp3) is 0.308. The van der Waals surface area contributed by atoms with E-state index < -0.39 is 41.6 Å². The molecule has 0 unspecified atom stereocenters. The lowest BCUT2D eigenvalue weighted by Gasteiger charge is -2.29. The lowest BCUT2D eigenvalue weighted by Crippen LogP contribution is -2.48. The normalized spacial score (nSPS) is 18.8. The molecule has 2 aromatic carbocycles. The smallest absolute Gasteiger partial charge is 0.406 e. The molecule has 2 heterocycles. The summed E-state index contributed by atoms with van der Waals surface area (Å²) in [6, 6.07) is 16.0. The lowest BCUT2D eigenvalue weighted by molar-refractivity contribution is -0.274. The van der Waals surface area contributed by atoms with Crippen LogP contribution in [0.5, 0.6) is 5.75 Å². The van der Waals surface area contributed by atoms with Gasteiger partial charge >= 0.3 is 12.5 Å². The molecule has 37 heavy (non-hydrogen) atoms. The van der Waals surface area contributed by atoms with Crippen LogP contribution in [0.2, 0.25) is 0 Å². The zero-order valence-electron chi connectivity index (χ0n) is 19.8. The average molecular weight is 523 g/mol. The maximum atomic E-state index is 13.6. The van der Waals surface area contributed by atoms with Gasteiger partial charge in [0.15, 0.2) is 0 Å². The number of benzene rings is 2. The van der Waals surface area contributed by atoms with E-state index in [4.69, 9.17) is 0 Å². The van der Waals surface area contributed by atoms with Gasteiger partial charge in [-0.1, -0.05) is 36.4 Å². The van der Waals surface area contributed by atoms with Gasteiger partial charge in [-0.15, -0.1) is 13.2 Å². The first kappa shape index (κ1) is 26.5. The number of hydrogen-bond donors (Lipinski definition) is 1. The van der Waals surface area contributed by atoms with Crippen molar-refractivity contribution in [2.45, 2.75) is 50.4 Å². The molecule has 1 N–H and O–H groups in total. The fourth-order valence-corrected chi connectivity index (χ4v) is 4.42. The maximum absolute atomic E-state index is 13.6. The van der Waals surface area contributed by atoms with Crippen LogP contribution in [0.3, 0.4) is 0 Å². The predicted octanol–water partition coefficient (Wildman–Crippen LogP) is 6.37. The first-order valence-electron chi connectivity index (χ1n) is 11.3. The van der Waals surface area contributed by atoms with Gasteiger partial charge < -0.3 is 9.64 Å². The van der Waals surface area contributed by atoms with Crippen LogP contribution >= 0.6 is 0 Å². The van der Waals surface area contributed by atoms with Gasteiger partial charge in [-0.2, -0.15) is 13.2 Å². The van der Waals surface area contributed by atoms with E-state index in [1.54, 1.807) is 50.2 Å². The van der Waals surface area contributed by atoms with Crippen molar-refractivity contribution < 1.29 is 35.9 Å². The highest BCUT2D eigenvalue weighted by molar-refractivity contribution is 6.00. The minimum atomic E-state index is -4.88. The number of pyridine rings is 1. The lowest BCUT2D eigenvalue weighted by atomic mass is 9.96. The molecule has 4 rings (SSSR count). The predicted molar refractivity (Wildman–Crippen MR) is 124 cm³/mol. The number of para-hydroxylation sites is 1. The Labute approximate surface area is 209 Å². The topological polar surface area (TPSA) is 54.5 Å². The summed E-state index contributed by atoms with van der Waals surface area (Å²) in [6.07, 6.45) is -9.37. The Hall–Kier alpha value is -3.60. The van der Waals surface area contributed by atoms with Gasteiger partial charge in [-0.05, 0) is 62.2 Å². The Morgan fingerprint density at radius 3 is 2.19 bits per heavy atom. The fourth-order valence-electron chi connectivity index (χ4n) is 4.42. The van der Waals surface area contributed by atoms with Gasteiger partial charge in [0.2, 0.25) is 5.91 Å². The van der Waals surface area contributed by atoms with Gasteiger partial charge in [0.1, 0.15) is 11.4 Å². The van der Waals surface area contributed by atoms with Gasteiger partial charge in [-0.3, -0.25) is 10.1 Å². The third-order valence-corrected chi connectivity index (χ3v) is 6.03. The second kappa shape index (κ2) is 9.70. The zero-order chi connectivity index (χ0) is 27.0. The Morgan fingerprint density at radius 2 is 1.54 bits per heavy atom. The number of hydrogen-bond acceptors (Lipinski definition) is 4. The van der Waals surface area contributed by atoms with Gasteiger partial charge in [-0.25, -0.2) is 4.98 Å². The number of carbonyl (C=O) groups excluding carboxylic acids is 1. The third-order valence-electron chi connectivity index (χ3n) is 6.03. The van der Waals surface area contributed by atoms with Gasteiger partial charge in [0.05, 0.1) is 23.3 Å². The summed E-state index contributed by atoms with van der Waals surface area (Å²) in [5.74, 6) is -0.797. The molecule has 5 nitrogen and oxygen atoms in total. The number of halogens is 6. The molecule has 0 aliphatic carbocycles. The number of carbonyl (C=O) groups is 1. The second-order valence-corrected chi connectivity index (χ2v) is 9.14. The van der Waals surface area contributed by atoms with Crippen molar-refractivity contribution in [1.29, 1.82) is 0 Å². The Balaban J connectivity index is 1.67. The molecule has 1 aliphatic rings. The standard InChI is InChI=1S/C26H23F6N3O2/c1-24(2,21-12-7-13-22(33-21)25(27,28)29)34-19-15-20(35(23(19)36)17-9-4-3-5-10-17)16-8-6-11-18(14-16)37-26(30,31)32/h3-14,19-20,34H,15H2,1-2H3/t19-,20-/m1/s1. The van der Waals surface area contributed by atoms with Crippen LogP contribution in [-0.4, -0.2) is 23.3 Å². The summed E-state index contributed by atoms with van der Waals surface area (Å²) in [5, 5.41) is 3.12. The van der Waals surface area contributed by atoms with Crippen molar-refractivity contribution in [3.63, 3.8) is 0 Å². The van der Waals surface area contributed by atoms with Crippen LogP contribution < -0.4 is 15.0 Å². The van der Waals surface area contributed by atoms with Crippen LogP contribution in [0.15, 0.2) is 72.8 Å². The molecule has 196 valence electrons. The first-order chi connectivity index (χ1) is 17.2. The van der Waals surface area contributed by atoms with Crippen molar-refractivity contribution in [2.75, 3.05) is 4.90 Å². The number of nitrogens with zero attached hydrogens (tertiary/aromatic N) is 2. The van der Waals surface area contributed by atoms with Crippen LogP contribution in [-0.2, 0) is 16.5 Å². The largest absolute Gasteiger partial charge is 0.573 e. The molecule has 1 amide bonds. The minimum Gasteiger partial charge on any atom is -0.406 e. The summed E-state index contributed by atoms with van der Waals surface area (Å²) in [4.78, 5) is 18.8. The van der Waals surface area contributed by atoms with Crippen molar-refractivity contribution >= 4 is 11.6 Å². The highest BCUT2D eigenvalue weighted by atomic mass is 19.4. The van der Waals surface area contributed by atoms with Crippen molar-refractivity contribution in [3.8, 4) is 5.75 Å². The van der Waals surface area contributed by atoms with Crippen LogP contribution in [0.1, 0.15) is 43.3 Å². The number of ether oxygens (including phenoxy) is 1. The molecule has 1 aromatic heterocycles. The van der Waals surface area contributed by atoms with Crippen LogP contribution in [0, 0.1) is 0 Å². The molecule has 0 bridgehead atoms. The molecule has 0 radical (unpaired) electrons. The number of alkyl halides is 6. The second-order valence-electron chi connectivity index (χ2n) is 9.14. The summed E-state index contributed by atoms with van der Waals surface area (Å²) >= 11 is 0. The summed E-state index contributed by atoms with van der Waals surface area (Å²) < 4.78 is 82.1. The highest BCUT2D eigenvalue weighted by Gasteiger charge is 2.44. The van der Waals surface area contributed by atoms with E-state index in [1.807, 2.05) is 0 Å². The Kier molecular flexibility index (Phi) is 6.93. The molecule has 2 atom stereocenters. The molecule has 1 fully saturated rings. The molecule has 0 spiro atoms. The first-order valence-corrected chi connectivity index (χ1v) is 11.3. The molecular formula is C26H23F6N3O2. The van der Waals surface area contributed by atoms with Gasteiger partial charge in [0, 0.05) is 5.69 Å². The third kappa shape index (κ3) is 6.04. The average Bonchev–Trinajstić information content (AvgIpc) is 3.13. The molecular weight excluding hydrogens is 500 g/mol.